The van der Waals surface area contributed by atoms with Crippen LogP contribution in [0, 0.1) is 0 Å². The van der Waals surface area contributed by atoms with E-state index in [2.05, 4.69) is 5.32 Å². The lowest BCUT2D eigenvalue weighted by molar-refractivity contribution is -0.0585. The third-order valence-electron chi connectivity index (χ3n) is 3.86. The molecule has 6 heteroatoms. The Kier molecular flexibility index (Phi) is 4.66. The van der Waals surface area contributed by atoms with Crippen molar-refractivity contribution in [1.29, 1.82) is 0 Å². The average Bonchev–Trinajstić information content (AvgIpc) is 3.08. The van der Waals surface area contributed by atoms with E-state index in [0.717, 1.165) is 0 Å². The molecule has 2 amide bonds. The summed E-state index contributed by atoms with van der Waals surface area (Å²) in [7, 11) is 0. The molecular weight excluding hydrogens is 308 g/mol. The van der Waals surface area contributed by atoms with Gasteiger partial charge in [-0.05, 0) is 38.1 Å². The van der Waals surface area contributed by atoms with Gasteiger partial charge in [0, 0.05) is 13.1 Å². The highest BCUT2D eigenvalue weighted by Crippen LogP contribution is 2.21. The summed E-state index contributed by atoms with van der Waals surface area (Å²) in [5.41, 5.74) is 0.925. The maximum Gasteiger partial charge on any atom is 0.291 e. The largest absolute Gasteiger partial charge is 0.459 e. The molecule has 1 aromatic carbocycles. The molecule has 2 heterocycles. The maximum atomic E-state index is 12.9. The number of para-hydroxylation sites is 1. The minimum atomic E-state index is -0.385. The fourth-order valence-corrected chi connectivity index (χ4v) is 2.88. The second kappa shape index (κ2) is 6.88. The van der Waals surface area contributed by atoms with Crippen LogP contribution in [0.3, 0.4) is 0 Å². The fraction of sp³-hybridized carbons (Fsp3) is 0.333. The number of anilines is 1. The molecule has 0 unspecified atom stereocenters. The number of carbonyl (C=O) groups is 2. The van der Waals surface area contributed by atoms with E-state index in [1.807, 2.05) is 13.8 Å². The number of benzene rings is 1. The Balaban J connectivity index is 1.81. The van der Waals surface area contributed by atoms with Crippen LogP contribution in [0.15, 0.2) is 47.1 Å². The smallest absolute Gasteiger partial charge is 0.291 e. The Bertz CT molecular complexity index is 716. The molecule has 0 bridgehead atoms. The van der Waals surface area contributed by atoms with E-state index in [4.69, 9.17) is 9.15 Å². The van der Waals surface area contributed by atoms with Crippen LogP contribution in [0.25, 0.3) is 0 Å². The molecule has 0 radical (unpaired) electrons. The van der Waals surface area contributed by atoms with Gasteiger partial charge in [0.25, 0.3) is 11.8 Å². The second-order valence-electron chi connectivity index (χ2n) is 5.94. The average molecular weight is 328 g/mol. The summed E-state index contributed by atoms with van der Waals surface area (Å²) in [6.45, 7) is 4.95. The molecule has 1 saturated heterocycles. The number of hydrogen-bond acceptors (Lipinski definition) is 4. The highest BCUT2D eigenvalue weighted by Gasteiger charge is 2.28. The van der Waals surface area contributed by atoms with Crippen LogP contribution in [0.5, 0.6) is 0 Å². The van der Waals surface area contributed by atoms with E-state index in [1.165, 1.54) is 6.26 Å². The van der Waals surface area contributed by atoms with Crippen molar-refractivity contribution in [3.63, 3.8) is 0 Å². The number of hydrogen-bond donors (Lipinski definition) is 1. The maximum absolute atomic E-state index is 12.9. The van der Waals surface area contributed by atoms with Gasteiger partial charge in [-0.1, -0.05) is 12.1 Å². The van der Waals surface area contributed by atoms with Crippen molar-refractivity contribution in [2.75, 3.05) is 18.4 Å². The van der Waals surface area contributed by atoms with Crippen molar-refractivity contribution >= 4 is 17.5 Å². The van der Waals surface area contributed by atoms with Gasteiger partial charge in [-0.3, -0.25) is 9.59 Å². The van der Waals surface area contributed by atoms with Gasteiger partial charge in [-0.25, -0.2) is 0 Å². The lowest BCUT2D eigenvalue weighted by atomic mass is 10.1. The Morgan fingerprint density at radius 2 is 1.79 bits per heavy atom. The normalized spacial score (nSPS) is 20.7. The summed E-state index contributed by atoms with van der Waals surface area (Å²) in [4.78, 5) is 26.8. The molecule has 1 fully saturated rings. The first-order chi connectivity index (χ1) is 11.5. The summed E-state index contributed by atoms with van der Waals surface area (Å²) in [5.74, 6) is -0.304. The Hall–Kier alpha value is -2.60. The summed E-state index contributed by atoms with van der Waals surface area (Å²) < 4.78 is 10.8. The first-order valence-electron chi connectivity index (χ1n) is 7.93. The number of carbonyl (C=O) groups excluding carboxylic acids is 2. The van der Waals surface area contributed by atoms with E-state index in [9.17, 15) is 9.59 Å². The first-order valence-corrected chi connectivity index (χ1v) is 7.93. The van der Waals surface area contributed by atoms with Gasteiger partial charge in [0.15, 0.2) is 5.76 Å². The first kappa shape index (κ1) is 16.3. The molecule has 1 N–H and O–H groups in total. The topological polar surface area (TPSA) is 71.8 Å². The summed E-state index contributed by atoms with van der Waals surface area (Å²) in [5, 5.41) is 2.74. The standard InChI is InChI=1S/C18H20N2O4/c1-12-10-20(11-13(2)24-12)18(22)14-6-3-4-7-15(14)19-17(21)16-8-5-9-23-16/h3-9,12-13H,10-11H2,1-2H3,(H,19,21)/t12-,13-/m0/s1. The highest BCUT2D eigenvalue weighted by atomic mass is 16.5. The number of furan rings is 1. The van der Waals surface area contributed by atoms with Gasteiger partial charge in [-0.15, -0.1) is 0 Å². The van der Waals surface area contributed by atoms with Gasteiger partial charge in [0.05, 0.1) is 29.7 Å². The summed E-state index contributed by atoms with van der Waals surface area (Å²) in [6, 6.07) is 10.2. The van der Waals surface area contributed by atoms with Crippen LogP contribution in [0.1, 0.15) is 34.8 Å². The number of nitrogens with one attached hydrogen (secondary N) is 1. The minimum absolute atomic E-state index is 0.0115. The molecule has 6 nitrogen and oxygen atoms in total. The molecule has 0 saturated carbocycles. The van der Waals surface area contributed by atoms with E-state index < -0.39 is 0 Å². The Morgan fingerprint density at radius 1 is 1.08 bits per heavy atom. The van der Waals surface area contributed by atoms with Crippen LogP contribution in [-0.2, 0) is 4.74 Å². The summed E-state index contributed by atoms with van der Waals surface area (Å²) >= 11 is 0. The van der Waals surface area contributed by atoms with Crippen molar-refractivity contribution in [1.82, 2.24) is 4.90 Å². The lowest BCUT2D eigenvalue weighted by Gasteiger charge is -2.35. The molecule has 2 atom stereocenters. The molecule has 126 valence electrons. The second-order valence-corrected chi connectivity index (χ2v) is 5.94. The lowest BCUT2D eigenvalue weighted by Crippen LogP contribution is -2.48. The van der Waals surface area contributed by atoms with Crippen molar-refractivity contribution < 1.29 is 18.7 Å². The highest BCUT2D eigenvalue weighted by molar-refractivity contribution is 6.07. The fourth-order valence-electron chi connectivity index (χ4n) is 2.88. The zero-order valence-electron chi connectivity index (χ0n) is 13.7. The SMILES string of the molecule is C[C@H]1CN(C(=O)c2ccccc2NC(=O)c2ccco2)C[C@H](C)O1. The third-order valence-corrected chi connectivity index (χ3v) is 3.86. The quantitative estimate of drug-likeness (QED) is 0.940. The van der Waals surface area contributed by atoms with Crippen molar-refractivity contribution in [2.45, 2.75) is 26.1 Å². The van der Waals surface area contributed by atoms with Crippen molar-refractivity contribution in [3.8, 4) is 0 Å². The van der Waals surface area contributed by atoms with E-state index in [0.29, 0.717) is 24.3 Å². The van der Waals surface area contributed by atoms with Crippen LogP contribution in [0.4, 0.5) is 5.69 Å². The monoisotopic (exact) mass is 328 g/mol. The Labute approximate surface area is 140 Å². The predicted octanol–water partition coefficient (Wildman–Crippen LogP) is 2.78. The molecule has 1 aliphatic rings. The zero-order valence-corrected chi connectivity index (χ0v) is 13.7. The van der Waals surface area contributed by atoms with Gasteiger partial charge >= 0.3 is 0 Å². The van der Waals surface area contributed by atoms with E-state index in [1.54, 1.807) is 41.3 Å². The molecule has 24 heavy (non-hydrogen) atoms. The summed E-state index contributed by atoms with van der Waals surface area (Å²) in [6.07, 6.45) is 1.41. The number of amides is 2. The van der Waals surface area contributed by atoms with Crippen LogP contribution >= 0.6 is 0 Å². The molecule has 2 aromatic rings. The molecule has 1 aromatic heterocycles. The molecule has 3 rings (SSSR count). The number of ether oxygens (including phenoxy) is 1. The van der Waals surface area contributed by atoms with Gasteiger partial charge < -0.3 is 19.4 Å². The van der Waals surface area contributed by atoms with Gasteiger partial charge in [0.2, 0.25) is 0 Å². The van der Waals surface area contributed by atoms with Crippen molar-refractivity contribution in [2.24, 2.45) is 0 Å². The van der Waals surface area contributed by atoms with Gasteiger partial charge in [0.1, 0.15) is 0 Å². The third kappa shape index (κ3) is 3.49. The molecule has 0 aliphatic carbocycles. The van der Waals surface area contributed by atoms with E-state index >= 15 is 0 Å². The molecule has 0 spiro atoms. The van der Waals surface area contributed by atoms with E-state index in [-0.39, 0.29) is 29.8 Å². The molecule has 1 aliphatic heterocycles. The number of nitrogens with zero attached hydrogens (tertiary/aromatic N) is 1. The van der Waals surface area contributed by atoms with Crippen molar-refractivity contribution in [3.05, 3.63) is 54.0 Å². The van der Waals surface area contributed by atoms with Crippen LogP contribution in [0.2, 0.25) is 0 Å². The zero-order chi connectivity index (χ0) is 17.1. The van der Waals surface area contributed by atoms with Crippen LogP contribution < -0.4 is 5.32 Å². The van der Waals surface area contributed by atoms with Gasteiger partial charge in [-0.2, -0.15) is 0 Å². The predicted molar refractivity (Wildman–Crippen MR) is 89.0 cm³/mol. The van der Waals surface area contributed by atoms with Crippen LogP contribution in [-0.4, -0.2) is 42.0 Å². The minimum Gasteiger partial charge on any atom is -0.459 e. The number of rotatable bonds is 3. The Morgan fingerprint density at radius 3 is 2.46 bits per heavy atom. The molecular formula is C18H20N2O4. The number of morpholine rings is 1.